The molecule has 1 aliphatic heterocycles. The lowest BCUT2D eigenvalue weighted by molar-refractivity contribution is -0.128. The Morgan fingerprint density at radius 3 is 2.55 bits per heavy atom. The Labute approximate surface area is 202 Å². The van der Waals surface area contributed by atoms with Crippen LogP contribution >= 0.6 is 23.4 Å². The molecule has 2 aromatic rings. The van der Waals surface area contributed by atoms with Gasteiger partial charge in [0, 0.05) is 44.0 Å². The number of nitrogens with zero attached hydrogens (tertiary/aromatic N) is 4. The second kappa shape index (κ2) is 11.8. The number of ether oxygens (including phenoxy) is 1. The standard InChI is InChI=1S/C23H26ClN5O3S/c1-28(2)19-10-4-16(5-11-19)15-26-29-22(31)20(33-23(29)25-12-13-32-3)14-21(30)27-18-8-6-17(24)7-9-18/h4-11,15,20H,12-14H2,1-3H3,(H,27,30). The molecule has 1 heterocycles. The van der Waals surface area contributed by atoms with Crippen LogP contribution in [-0.4, -0.2) is 67.8 Å². The van der Waals surface area contributed by atoms with Gasteiger partial charge in [0.25, 0.3) is 5.91 Å². The number of anilines is 2. The van der Waals surface area contributed by atoms with Gasteiger partial charge in [-0.25, -0.2) is 0 Å². The third-order valence-electron chi connectivity index (χ3n) is 4.69. The largest absolute Gasteiger partial charge is 0.383 e. The van der Waals surface area contributed by atoms with Gasteiger partial charge in [-0.2, -0.15) is 10.1 Å². The molecular weight excluding hydrogens is 462 g/mol. The number of thioether (sulfide) groups is 1. The molecule has 174 valence electrons. The second-order valence-electron chi connectivity index (χ2n) is 7.40. The van der Waals surface area contributed by atoms with E-state index in [0.717, 1.165) is 11.3 Å². The van der Waals surface area contributed by atoms with E-state index in [9.17, 15) is 9.59 Å². The van der Waals surface area contributed by atoms with E-state index in [1.165, 1.54) is 16.8 Å². The van der Waals surface area contributed by atoms with Gasteiger partial charge in [0.2, 0.25) is 5.91 Å². The van der Waals surface area contributed by atoms with Crippen LogP contribution in [-0.2, 0) is 14.3 Å². The number of amides is 2. The predicted molar refractivity (Wildman–Crippen MR) is 135 cm³/mol. The average Bonchev–Trinajstić information content (AvgIpc) is 3.08. The first kappa shape index (κ1) is 24.8. The molecule has 0 saturated carbocycles. The number of methoxy groups -OCH3 is 1. The molecule has 3 rings (SSSR count). The minimum Gasteiger partial charge on any atom is -0.383 e. The molecule has 0 spiro atoms. The summed E-state index contributed by atoms with van der Waals surface area (Å²) in [5, 5.41) is 8.83. The lowest BCUT2D eigenvalue weighted by Gasteiger charge is -2.12. The first-order chi connectivity index (χ1) is 15.9. The monoisotopic (exact) mass is 487 g/mol. The number of benzene rings is 2. The van der Waals surface area contributed by atoms with E-state index in [0.29, 0.717) is 29.0 Å². The summed E-state index contributed by atoms with van der Waals surface area (Å²) in [4.78, 5) is 32.0. The van der Waals surface area contributed by atoms with Crippen molar-refractivity contribution in [2.45, 2.75) is 11.7 Å². The van der Waals surface area contributed by atoms with Gasteiger partial charge in [-0.05, 0) is 42.0 Å². The summed E-state index contributed by atoms with van der Waals surface area (Å²) in [6.45, 7) is 0.808. The molecule has 0 aliphatic carbocycles. The Morgan fingerprint density at radius 2 is 1.91 bits per heavy atom. The molecule has 8 nitrogen and oxygen atoms in total. The molecule has 0 aromatic heterocycles. The van der Waals surface area contributed by atoms with Crippen LogP contribution in [0.25, 0.3) is 0 Å². The summed E-state index contributed by atoms with van der Waals surface area (Å²) < 4.78 is 5.05. The highest BCUT2D eigenvalue weighted by atomic mass is 35.5. The normalized spacial score (nSPS) is 17.2. The predicted octanol–water partition coefficient (Wildman–Crippen LogP) is 3.72. The van der Waals surface area contributed by atoms with Crippen LogP contribution in [0.1, 0.15) is 12.0 Å². The summed E-state index contributed by atoms with van der Waals surface area (Å²) in [5.74, 6) is -0.562. The second-order valence-corrected chi connectivity index (χ2v) is 9.01. The van der Waals surface area contributed by atoms with Crippen LogP contribution in [0.15, 0.2) is 58.6 Å². The average molecular weight is 488 g/mol. The smallest absolute Gasteiger partial charge is 0.263 e. The Bertz CT molecular complexity index is 1030. The zero-order valence-corrected chi connectivity index (χ0v) is 20.3. The Balaban J connectivity index is 1.70. The number of carbonyl (C=O) groups excluding carboxylic acids is 2. The number of hydrazone groups is 1. The van der Waals surface area contributed by atoms with Gasteiger partial charge in [0.1, 0.15) is 5.25 Å². The van der Waals surface area contributed by atoms with Crippen molar-refractivity contribution in [2.24, 2.45) is 10.1 Å². The van der Waals surface area contributed by atoms with E-state index in [1.54, 1.807) is 37.6 Å². The van der Waals surface area contributed by atoms with Crippen molar-refractivity contribution in [3.8, 4) is 0 Å². The Kier molecular flexibility index (Phi) is 8.87. The maximum atomic E-state index is 13.0. The van der Waals surface area contributed by atoms with Crippen LogP contribution in [0, 0.1) is 0 Å². The first-order valence-electron chi connectivity index (χ1n) is 10.3. The third kappa shape index (κ3) is 7.05. The molecular formula is C23H26ClN5O3S. The van der Waals surface area contributed by atoms with Crippen LogP contribution in [0.4, 0.5) is 11.4 Å². The topological polar surface area (TPSA) is 86.6 Å². The molecule has 0 radical (unpaired) electrons. The van der Waals surface area contributed by atoms with Crippen LogP contribution in [0.5, 0.6) is 0 Å². The van der Waals surface area contributed by atoms with Crippen molar-refractivity contribution < 1.29 is 14.3 Å². The number of nitrogens with one attached hydrogen (secondary N) is 1. The number of rotatable bonds is 9. The fourth-order valence-electron chi connectivity index (χ4n) is 2.93. The number of halogens is 1. The highest BCUT2D eigenvalue weighted by molar-refractivity contribution is 8.15. The molecule has 1 fully saturated rings. The summed E-state index contributed by atoms with van der Waals surface area (Å²) >= 11 is 7.11. The van der Waals surface area contributed by atoms with E-state index >= 15 is 0 Å². The number of hydrogen-bond acceptors (Lipinski definition) is 7. The molecule has 10 heteroatoms. The summed E-state index contributed by atoms with van der Waals surface area (Å²) in [6.07, 6.45) is 1.61. The maximum Gasteiger partial charge on any atom is 0.263 e. The lowest BCUT2D eigenvalue weighted by atomic mass is 10.2. The van der Waals surface area contributed by atoms with Crippen LogP contribution < -0.4 is 10.2 Å². The van der Waals surface area contributed by atoms with Crippen molar-refractivity contribution in [1.29, 1.82) is 0 Å². The van der Waals surface area contributed by atoms with E-state index in [-0.39, 0.29) is 18.2 Å². The number of amidine groups is 1. The van der Waals surface area contributed by atoms with E-state index in [4.69, 9.17) is 16.3 Å². The molecule has 1 unspecified atom stereocenters. The fourth-order valence-corrected chi connectivity index (χ4v) is 4.15. The van der Waals surface area contributed by atoms with Crippen molar-refractivity contribution in [3.05, 3.63) is 59.1 Å². The molecule has 1 N–H and O–H groups in total. The van der Waals surface area contributed by atoms with E-state index in [1.807, 2.05) is 43.3 Å². The minimum atomic E-state index is -0.619. The minimum absolute atomic E-state index is 0.00102. The number of aliphatic imine (C=N–C) groups is 1. The van der Waals surface area contributed by atoms with Crippen molar-refractivity contribution >= 4 is 57.9 Å². The van der Waals surface area contributed by atoms with Gasteiger partial charge in [0.15, 0.2) is 5.17 Å². The van der Waals surface area contributed by atoms with Gasteiger partial charge < -0.3 is 15.0 Å². The van der Waals surface area contributed by atoms with Gasteiger partial charge in [-0.15, -0.1) is 0 Å². The number of hydrogen-bond donors (Lipinski definition) is 1. The van der Waals surface area contributed by atoms with Gasteiger partial charge in [0.05, 0.1) is 19.4 Å². The van der Waals surface area contributed by atoms with Crippen LogP contribution in [0.2, 0.25) is 5.02 Å². The summed E-state index contributed by atoms with van der Waals surface area (Å²) in [7, 11) is 5.52. The van der Waals surface area contributed by atoms with Crippen molar-refractivity contribution in [2.75, 3.05) is 44.6 Å². The zero-order valence-electron chi connectivity index (χ0n) is 18.7. The first-order valence-corrected chi connectivity index (χ1v) is 11.5. The molecule has 0 bridgehead atoms. The maximum absolute atomic E-state index is 13.0. The molecule has 1 saturated heterocycles. The molecule has 1 atom stereocenters. The van der Waals surface area contributed by atoms with Crippen molar-refractivity contribution in [1.82, 2.24) is 5.01 Å². The summed E-state index contributed by atoms with van der Waals surface area (Å²) in [6, 6.07) is 14.6. The van der Waals surface area contributed by atoms with E-state index < -0.39 is 5.25 Å². The number of carbonyl (C=O) groups is 2. The lowest BCUT2D eigenvalue weighted by Crippen LogP contribution is -2.30. The fraction of sp³-hybridized carbons (Fsp3) is 0.304. The van der Waals surface area contributed by atoms with Crippen LogP contribution in [0.3, 0.4) is 0 Å². The highest BCUT2D eigenvalue weighted by Crippen LogP contribution is 2.30. The quantitative estimate of drug-likeness (QED) is 0.430. The Hall–Kier alpha value is -2.88. The Morgan fingerprint density at radius 1 is 1.21 bits per heavy atom. The van der Waals surface area contributed by atoms with Crippen molar-refractivity contribution in [3.63, 3.8) is 0 Å². The van der Waals surface area contributed by atoms with E-state index in [2.05, 4.69) is 15.4 Å². The molecule has 1 aliphatic rings. The third-order valence-corrected chi connectivity index (χ3v) is 6.10. The zero-order chi connectivity index (χ0) is 23.8. The highest BCUT2D eigenvalue weighted by Gasteiger charge is 2.39. The molecule has 2 aromatic carbocycles. The summed E-state index contributed by atoms with van der Waals surface area (Å²) in [5.41, 5.74) is 2.52. The SMILES string of the molecule is COCCN=C1SC(CC(=O)Nc2ccc(Cl)cc2)C(=O)N1N=Cc1ccc(N(C)C)cc1. The van der Waals surface area contributed by atoms with Gasteiger partial charge in [-0.1, -0.05) is 35.5 Å². The molecule has 33 heavy (non-hydrogen) atoms. The molecule has 2 amide bonds. The van der Waals surface area contributed by atoms with Gasteiger partial charge in [-0.3, -0.25) is 14.6 Å². The van der Waals surface area contributed by atoms with Gasteiger partial charge >= 0.3 is 0 Å².